The molecule has 1 N–H and O–H groups in total. The Balaban J connectivity index is 1.92. The molecule has 2 aromatic carbocycles. The van der Waals surface area contributed by atoms with Crippen molar-refractivity contribution in [3.8, 4) is 0 Å². The number of anilines is 1. The van der Waals surface area contributed by atoms with E-state index in [1.54, 1.807) is 6.20 Å². The van der Waals surface area contributed by atoms with Crippen molar-refractivity contribution in [2.24, 2.45) is 0 Å². The van der Waals surface area contributed by atoms with Crippen LogP contribution < -0.4 is 4.90 Å². The molecule has 3 rings (SSSR count). The van der Waals surface area contributed by atoms with Crippen LogP contribution in [0.25, 0.3) is 0 Å². The van der Waals surface area contributed by atoms with Gasteiger partial charge in [-0.1, -0.05) is 60.7 Å². The molecule has 0 saturated heterocycles. The standard InChI is InChI=1S/C19H17N3O2/c23-19(24)17-11-20-12-18(21-17)22(13-15-7-3-1-4-8-15)14-16-9-5-2-6-10-16/h1-12H,13-14H2,(H,23,24). The van der Waals surface area contributed by atoms with Gasteiger partial charge in [-0.25, -0.2) is 9.78 Å². The van der Waals surface area contributed by atoms with Gasteiger partial charge in [0.25, 0.3) is 0 Å². The lowest BCUT2D eigenvalue weighted by atomic mass is 10.1. The van der Waals surface area contributed by atoms with Crippen molar-refractivity contribution in [3.63, 3.8) is 0 Å². The molecule has 0 fully saturated rings. The van der Waals surface area contributed by atoms with Crippen LogP contribution >= 0.6 is 0 Å². The van der Waals surface area contributed by atoms with Crippen molar-refractivity contribution in [2.75, 3.05) is 4.90 Å². The van der Waals surface area contributed by atoms with Gasteiger partial charge in [0, 0.05) is 13.1 Å². The second kappa shape index (κ2) is 7.37. The number of carbonyl (C=O) groups is 1. The summed E-state index contributed by atoms with van der Waals surface area (Å²) < 4.78 is 0. The number of nitrogens with zero attached hydrogens (tertiary/aromatic N) is 3. The zero-order chi connectivity index (χ0) is 16.8. The topological polar surface area (TPSA) is 66.3 Å². The average molecular weight is 319 g/mol. The Bertz CT molecular complexity index is 766. The van der Waals surface area contributed by atoms with Crippen molar-refractivity contribution >= 4 is 11.8 Å². The van der Waals surface area contributed by atoms with Crippen LogP contribution in [-0.4, -0.2) is 21.0 Å². The third kappa shape index (κ3) is 3.95. The van der Waals surface area contributed by atoms with E-state index in [4.69, 9.17) is 5.11 Å². The number of hydrogen-bond acceptors (Lipinski definition) is 4. The fraction of sp³-hybridized carbons (Fsp3) is 0.105. The Kier molecular flexibility index (Phi) is 4.81. The molecular formula is C19H17N3O2. The van der Waals surface area contributed by atoms with Gasteiger partial charge in [-0.15, -0.1) is 0 Å². The van der Waals surface area contributed by atoms with Crippen LogP contribution in [0.1, 0.15) is 21.6 Å². The molecule has 0 unspecified atom stereocenters. The van der Waals surface area contributed by atoms with Gasteiger partial charge in [-0.05, 0) is 11.1 Å². The molecule has 5 heteroatoms. The maximum atomic E-state index is 11.2. The number of aromatic nitrogens is 2. The SMILES string of the molecule is O=C(O)c1cncc(N(Cc2ccccc2)Cc2ccccc2)n1. The number of benzene rings is 2. The van der Waals surface area contributed by atoms with E-state index in [2.05, 4.69) is 9.97 Å². The molecule has 0 saturated carbocycles. The van der Waals surface area contributed by atoms with Crippen LogP contribution in [0.4, 0.5) is 5.82 Å². The molecule has 0 bridgehead atoms. The molecule has 0 aliphatic carbocycles. The van der Waals surface area contributed by atoms with Crippen molar-refractivity contribution in [2.45, 2.75) is 13.1 Å². The van der Waals surface area contributed by atoms with E-state index in [0.29, 0.717) is 18.9 Å². The second-order valence-corrected chi connectivity index (χ2v) is 5.39. The maximum Gasteiger partial charge on any atom is 0.356 e. The van der Waals surface area contributed by atoms with E-state index in [1.807, 2.05) is 65.6 Å². The van der Waals surface area contributed by atoms with Gasteiger partial charge < -0.3 is 10.0 Å². The summed E-state index contributed by atoms with van der Waals surface area (Å²) >= 11 is 0. The second-order valence-electron chi connectivity index (χ2n) is 5.39. The van der Waals surface area contributed by atoms with Gasteiger partial charge in [0.05, 0.1) is 12.4 Å². The molecule has 0 spiro atoms. The monoisotopic (exact) mass is 319 g/mol. The lowest BCUT2D eigenvalue weighted by Gasteiger charge is -2.24. The minimum atomic E-state index is -1.08. The molecule has 1 heterocycles. The number of rotatable bonds is 6. The molecule has 1 aromatic heterocycles. The summed E-state index contributed by atoms with van der Waals surface area (Å²) in [5, 5.41) is 9.15. The minimum absolute atomic E-state index is 0.0568. The molecular weight excluding hydrogens is 302 g/mol. The van der Waals surface area contributed by atoms with Gasteiger partial charge in [-0.3, -0.25) is 4.98 Å². The number of aromatic carboxylic acids is 1. The molecule has 24 heavy (non-hydrogen) atoms. The van der Waals surface area contributed by atoms with Crippen molar-refractivity contribution in [1.29, 1.82) is 0 Å². The highest BCUT2D eigenvalue weighted by Crippen LogP contribution is 2.18. The highest BCUT2D eigenvalue weighted by Gasteiger charge is 2.13. The molecule has 120 valence electrons. The molecule has 3 aromatic rings. The van der Waals surface area contributed by atoms with E-state index < -0.39 is 5.97 Å². The molecule has 5 nitrogen and oxygen atoms in total. The Morgan fingerprint density at radius 2 is 1.42 bits per heavy atom. The number of carboxylic acid groups (broad SMARTS) is 1. The van der Waals surface area contributed by atoms with E-state index in [0.717, 1.165) is 11.1 Å². The third-order valence-electron chi connectivity index (χ3n) is 3.60. The van der Waals surface area contributed by atoms with Gasteiger partial charge >= 0.3 is 5.97 Å². The van der Waals surface area contributed by atoms with Crippen molar-refractivity contribution < 1.29 is 9.90 Å². The molecule has 0 amide bonds. The summed E-state index contributed by atoms with van der Waals surface area (Å²) in [6, 6.07) is 20.0. The first-order valence-corrected chi connectivity index (χ1v) is 7.60. The normalized spacial score (nSPS) is 10.3. The van der Waals surface area contributed by atoms with E-state index >= 15 is 0 Å². The van der Waals surface area contributed by atoms with Crippen LogP contribution in [-0.2, 0) is 13.1 Å². The van der Waals surface area contributed by atoms with Crippen LogP contribution in [0.2, 0.25) is 0 Å². The zero-order valence-electron chi connectivity index (χ0n) is 13.0. The molecule has 0 radical (unpaired) electrons. The highest BCUT2D eigenvalue weighted by molar-refractivity contribution is 5.85. The first-order valence-electron chi connectivity index (χ1n) is 7.60. The zero-order valence-corrected chi connectivity index (χ0v) is 13.0. The summed E-state index contributed by atoms with van der Waals surface area (Å²) in [4.78, 5) is 21.4. The smallest absolute Gasteiger partial charge is 0.356 e. The Labute approximate surface area is 140 Å². The van der Waals surface area contributed by atoms with Crippen LogP contribution in [0.15, 0.2) is 73.1 Å². The summed E-state index contributed by atoms with van der Waals surface area (Å²) in [7, 11) is 0. The largest absolute Gasteiger partial charge is 0.476 e. The van der Waals surface area contributed by atoms with Crippen LogP contribution in [0, 0.1) is 0 Å². The van der Waals surface area contributed by atoms with Gasteiger partial charge in [0.2, 0.25) is 0 Å². The summed E-state index contributed by atoms with van der Waals surface area (Å²) in [6.07, 6.45) is 2.85. The quantitative estimate of drug-likeness (QED) is 0.754. The van der Waals surface area contributed by atoms with Gasteiger partial charge in [-0.2, -0.15) is 0 Å². The third-order valence-corrected chi connectivity index (χ3v) is 3.60. The summed E-state index contributed by atoms with van der Waals surface area (Å²) in [6.45, 7) is 1.24. The van der Waals surface area contributed by atoms with Crippen molar-refractivity contribution in [1.82, 2.24) is 9.97 Å². The average Bonchev–Trinajstić information content (AvgIpc) is 2.63. The van der Waals surface area contributed by atoms with Gasteiger partial charge in [0.1, 0.15) is 5.82 Å². The Hall–Kier alpha value is -3.21. The fourth-order valence-electron chi connectivity index (χ4n) is 2.44. The lowest BCUT2D eigenvalue weighted by molar-refractivity contribution is 0.0690. The van der Waals surface area contributed by atoms with Gasteiger partial charge in [0.15, 0.2) is 5.69 Å². The lowest BCUT2D eigenvalue weighted by Crippen LogP contribution is -2.24. The molecule has 0 atom stereocenters. The Morgan fingerprint density at radius 3 is 1.92 bits per heavy atom. The summed E-state index contributed by atoms with van der Waals surface area (Å²) in [5.41, 5.74) is 2.19. The minimum Gasteiger partial charge on any atom is -0.476 e. The van der Waals surface area contributed by atoms with E-state index in [1.165, 1.54) is 6.20 Å². The number of carboxylic acids is 1. The predicted octanol–water partition coefficient (Wildman–Crippen LogP) is 3.38. The van der Waals surface area contributed by atoms with Crippen molar-refractivity contribution in [3.05, 3.63) is 89.9 Å². The fourth-order valence-corrected chi connectivity index (χ4v) is 2.44. The summed E-state index contributed by atoms with van der Waals surface area (Å²) in [5.74, 6) is -0.536. The van der Waals surface area contributed by atoms with E-state index in [9.17, 15) is 4.79 Å². The van der Waals surface area contributed by atoms with E-state index in [-0.39, 0.29) is 5.69 Å². The Morgan fingerprint density at radius 1 is 0.875 bits per heavy atom. The predicted molar refractivity (Wildman–Crippen MR) is 91.8 cm³/mol. The number of hydrogen-bond donors (Lipinski definition) is 1. The van der Waals surface area contributed by atoms with Crippen LogP contribution in [0.3, 0.4) is 0 Å². The maximum absolute atomic E-state index is 11.2. The highest BCUT2D eigenvalue weighted by atomic mass is 16.4. The van der Waals surface area contributed by atoms with Crippen LogP contribution in [0.5, 0.6) is 0 Å². The first kappa shape index (κ1) is 15.7. The molecule has 0 aliphatic heterocycles. The molecule has 0 aliphatic rings. The first-order chi connectivity index (χ1) is 11.7.